The molecular weight excluding hydrogens is 290 g/mol. The largest absolute Gasteiger partial charge is 0.481 e. The van der Waals surface area contributed by atoms with Crippen molar-refractivity contribution in [2.24, 2.45) is 0 Å². The first-order valence-corrected chi connectivity index (χ1v) is 7.57. The standard InChI is InChI=1S/C14H19N3O3S/c1-14(2,3)17(7-6-12(18)19)9-11-15-13(20-16-11)10-5-4-8-21-10/h4-5,8H,6-7,9H2,1-3H3,(H,18,19). The Morgan fingerprint density at radius 2 is 2.24 bits per heavy atom. The Labute approximate surface area is 127 Å². The predicted molar refractivity (Wildman–Crippen MR) is 80.0 cm³/mol. The molecule has 1 N–H and O–H groups in total. The number of thiophene rings is 1. The molecule has 0 aromatic carbocycles. The van der Waals surface area contributed by atoms with Gasteiger partial charge in [-0.25, -0.2) is 0 Å². The molecule has 0 radical (unpaired) electrons. The summed E-state index contributed by atoms with van der Waals surface area (Å²) < 4.78 is 5.25. The molecule has 0 aliphatic carbocycles. The number of carbonyl (C=O) groups is 1. The van der Waals surface area contributed by atoms with Gasteiger partial charge in [0, 0.05) is 12.1 Å². The molecule has 0 spiro atoms. The van der Waals surface area contributed by atoms with Gasteiger partial charge in [0.05, 0.1) is 17.8 Å². The zero-order valence-electron chi connectivity index (χ0n) is 12.4. The molecule has 0 amide bonds. The summed E-state index contributed by atoms with van der Waals surface area (Å²) in [7, 11) is 0. The average molecular weight is 309 g/mol. The number of rotatable bonds is 6. The monoisotopic (exact) mass is 309 g/mol. The van der Waals surface area contributed by atoms with Gasteiger partial charge < -0.3 is 9.63 Å². The molecule has 7 heteroatoms. The Morgan fingerprint density at radius 3 is 2.81 bits per heavy atom. The lowest BCUT2D eigenvalue weighted by molar-refractivity contribution is -0.137. The van der Waals surface area contributed by atoms with Gasteiger partial charge in [0.2, 0.25) is 0 Å². The highest BCUT2D eigenvalue weighted by Gasteiger charge is 2.24. The highest BCUT2D eigenvalue weighted by Crippen LogP contribution is 2.23. The smallest absolute Gasteiger partial charge is 0.304 e. The van der Waals surface area contributed by atoms with E-state index < -0.39 is 5.97 Å². The highest BCUT2D eigenvalue weighted by molar-refractivity contribution is 7.13. The van der Waals surface area contributed by atoms with Crippen molar-refractivity contribution in [1.82, 2.24) is 15.0 Å². The van der Waals surface area contributed by atoms with Gasteiger partial charge in [-0.1, -0.05) is 11.2 Å². The highest BCUT2D eigenvalue weighted by atomic mass is 32.1. The molecule has 0 aliphatic heterocycles. The van der Waals surface area contributed by atoms with Gasteiger partial charge in [0.1, 0.15) is 0 Å². The fourth-order valence-corrected chi connectivity index (χ4v) is 2.52. The maximum atomic E-state index is 10.8. The topological polar surface area (TPSA) is 79.5 Å². The number of carboxylic acid groups (broad SMARTS) is 1. The number of nitrogens with zero attached hydrogens (tertiary/aromatic N) is 3. The molecular formula is C14H19N3O3S. The van der Waals surface area contributed by atoms with Crippen LogP contribution in [0, 0.1) is 0 Å². The van der Waals surface area contributed by atoms with Gasteiger partial charge in [-0.3, -0.25) is 9.69 Å². The van der Waals surface area contributed by atoms with Crippen LogP contribution >= 0.6 is 11.3 Å². The minimum absolute atomic E-state index is 0.0902. The van der Waals surface area contributed by atoms with Crippen molar-refractivity contribution in [3.63, 3.8) is 0 Å². The van der Waals surface area contributed by atoms with Gasteiger partial charge in [0.25, 0.3) is 5.89 Å². The maximum absolute atomic E-state index is 10.8. The Bertz CT molecular complexity index is 587. The van der Waals surface area contributed by atoms with Crippen molar-refractivity contribution in [3.05, 3.63) is 23.3 Å². The normalized spacial score (nSPS) is 12.0. The van der Waals surface area contributed by atoms with Crippen LogP contribution in [0.4, 0.5) is 0 Å². The van der Waals surface area contributed by atoms with Gasteiger partial charge in [-0.15, -0.1) is 11.3 Å². The minimum atomic E-state index is -0.809. The molecule has 2 aromatic rings. The van der Waals surface area contributed by atoms with E-state index in [4.69, 9.17) is 9.63 Å². The molecule has 0 fully saturated rings. The number of aliphatic carboxylic acids is 1. The van der Waals surface area contributed by atoms with Crippen molar-refractivity contribution in [2.45, 2.75) is 39.3 Å². The van der Waals surface area contributed by atoms with Crippen LogP contribution < -0.4 is 0 Å². The van der Waals surface area contributed by atoms with Crippen molar-refractivity contribution in [2.75, 3.05) is 6.54 Å². The lowest BCUT2D eigenvalue weighted by atomic mass is 10.1. The first-order chi connectivity index (χ1) is 9.86. The molecule has 21 heavy (non-hydrogen) atoms. The number of carboxylic acids is 1. The van der Waals surface area contributed by atoms with Crippen LogP contribution in [0.1, 0.15) is 33.0 Å². The van der Waals surface area contributed by atoms with Crippen molar-refractivity contribution in [1.29, 1.82) is 0 Å². The van der Waals surface area contributed by atoms with E-state index in [1.807, 2.05) is 43.2 Å². The van der Waals surface area contributed by atoms with Crippen LogP contribution in [0.3, 0.4) is 0 Å². The third-order valence-corrected chi connectivity index (χ3v) is 3.93. The van der Waals surface area contributed by atoms with Crippen LogP contribution in [0.5, 0.6) is 0 Å². The summed E-state index contributed by atoms with van der Waals surface area (Å²) in [6, 6.07) is 3.85. The molecule has 0 unspecified atom stereocenters. The number of aromatic nitrogens is 2. The third-order valence-electron chi connectivity index (χ3n) is 3.08. The molecule has 0 saturated heterocycles. The van der Waals surface area contributed by atoms with Crippen LogP contribution in [-0.4, -0.2) is 38.2 Å². The molecule has 0 atom stereocenters. The van der Waals surface area contributed by atoms with E-state index in [9.17, 15) is 4.79 Å². The van der Waals surface area contributed by atoms with Crippen LogP contribution in [0.2, 0.25) is 0 Å². The van der Waals surface area contributed by atoms with E-state index in [1.165, 1.54) is 0 Å². The molecule has 2 rings (SSSR count). The Kier molecular flexibility index (Phi) is 4.74. The first-order valence-electron chi connectivity index (χ1n) is 6.69. The van der Waals surface area contributed by atoms with Gasteiger partial charge >= 0.3 is 5.97 Å². The Balaban J connectivity index is 2.08. The van der Waals surface area contributed by atoms with Crippen LogP contribution in [0.25, 0.3) is 10.8 Å². The summed E-state index contributed by atoms with van der Waals surface area (Å²) in [6.07, 6.45) is 0.0902. The fourth-order valence-electron chi connectivity index (χ4n) is 1.87. The van der Waals surface area contributed by atoms with E-state index in [0.717, 1.165) is 4.88 Å². The summed E-state index contributed by atoms with van der Waals surface area (Å²) in [5, 5.41) is 14.8. The molecule has 0 saturated carbocycles. The molecule has 0 aliphatic rings. The molecule has 2 heterocycles. The quantitative estimate of drug-likeness (QED) is 0.884. The lowest BCUT2D eigenvalue weighted by Crippen LogP contribution is -2.42. The lowest BCUT2D eigenvalue weighted by Gasteiger charge is -2.34. The van der Waals surface area contributed by atoms with Crippen molar-refractivity contribution in [3.8, 4) is 10.8 Å². The van der Waals surface area contributed by atoms with E-state index in [2.05, 4.69) is 10.1 Å². The van der Waals surface area contributed by atoms with Gasteiger partial charge in [-0.2, -0.15) is 4.98 Å². The summed E-state index contributed by atoms with van der Waals surface area (Å²) in [5.41, 5.74) is -0.167. The van der Waals surface area contributed by atoms with Gasteiger partial charge in [0.15, 0.2) is 5.82 Å². The van der Waals surface area contributed by atoms with E-state index in [0.29, 0.717) is 24.8 Å². The van der Waals surface area contributed by atoms with Crippen molar-refractivity contribution >= 4 is 17.3 Å². The van der Waals surface area contributed by atoms with Crippen molar-refractivity contribution < 1.29 is 14.4 Å². The second-order valence-electron chi connectivity index (χ2n) is 5.73. The fraction of sp³-hybridized carbons (Fsp3) is 0.500. The average Bonchev–Trinajstić information content (AvgIpc) is 3.03. The molecule has 0 bridgehead atoms. The number of hydrogen-bond acceptors (Lipinski definition) is 6. The van der Waals surface area contributed by atoms with Gasteiger partial charge in [-0.05, 0) is 32.2 Å². The van der Waals surface area contributed by atoms with E-state index >= 15 is 0 Å². The molecule has 6 nitrogen and oxygen atoms in total. The van der Waals surface area contributed by atoms with Crippen LogP contribution in [0.15, 0.2) is 22.0 Å². The summed E-state index contributed by atoms with van der Waals surface area (Å²) in [5.74, 6) is 0.266. The SMILES string of the molecule is CC(C)(C)N(CCC(=O)O)Cc1noc(-c2cccs2)n1. The molecule has 114 valence electrons. The Morgan fingerprint density at radius 1 is 1.48 bits per heavy atom. The molecule has 2 aromatic heterocycles. The van der Waals surface area contributed by atoms with E-state index in [-0.39, 0.29) is 12.0 Å². The number of hydrogen-bond donors (Lipinski definition) is 1. The summed E-state index contributed by atoms with van der Waals surface area (Å²) in [4.78, 5) is 18.1. The second kappa shape index (κ2) is 6.36. The first kappa shape index (κ1) is 15.7. The minimum Gasteiger partial charge on any atom is -0.481 e. The Hall–Kier alpha value is -1.73. The zero-order chi connectivity index (χ0) is 15.5. The zero-order valence-corrected chi connectivity index (χ0v) is 13.2. The van der Waals surface area contributed by atoms with Crippen LogP contribution in [-0.2, 0) is 11.3 Å². The summed E-state index contributed by atoms with van der Waals surface area (Å²) in [6.45, 7) is 7.02. The third kappa shape index (κ3) is 4.37. The predicted octanol–water partition coefficient (Wildman–Crippen LogP) is 2.87. The summed E-state index contributed by atoms with van der Waals surface area (Å²) >= 11 is 1.54. The second-order valence-corrected chi connectivity index (χ2v) is 6.68. The van der Waals surface area contributed by atoms with E-state index in [1.54, 1.807) is 11.3 Å². The maximum Gasteiger partial charge on any atom is 0.304 e.